The van der Waals surface area contributed by atoms with E-state index in [4.69, 9.17) is 28.8 Å². The number of aliphatic hydroxyl groups is 1. The third-order valence-corrected chi connectivity index (χ3v) is 11.9. The van der Waals surface area contributed by atoms with Crippen molar-refractivity contribution in [3.63, 3.8) is 0 Å². The van der Waals surface area contributed by atoms with Gasteiger partial charge in [-0.25, -0.2) is 4.79 Å². The average molecular weight is 607 g/mol. The van der Waals surface area contributed by atoms with Gasteiger partial charge >= 0.3 is 6.16 Å². The quantitative estimate of drug-likeness (QED) is 0.104. The SMILES string of the molecule is CC(C)CCC[C@@H](C)[C@H]1CC[C@H]2[C@@H]3CC=C4C[C@@H](OC(=O)OCCOCCOCCOCCO)CC[C@]4(C)[C@H]3CC[C@]12C. The summed E-state index contributed by atoms with van der Waals surface area (Å²) < 4.78 is 27.0. The van der Waals surface area contributed by atoms with E-state index >= 15 is 0 Å². The van der Waals surface area contributed by atoms with Crippen LogP contribution in [0.5, 0.6) is 0 Å². The fourth-order valence-electron chi connectivity index (χ4n) is 9.71. The Bertz CT molecular complexity index is 889. The minimum absolute atomic E-state index is 0.0171. The zero-order chi connectivity index (χ0) is 30.9. The van der Waals surface area contributed by atoms with Gasteiger partial charge in [0.15, 0.2) is 0 Å². The van der Waals surface area contributed by atoms with Gasteiger partial charge in [0.25, 0.3) is 0 Å². The number of fused-ring (bicyclic) bond motifs is 5. The van der Waals surface area contributed by atoms with Crippen molar-refractivity contribution in [1.29, 1.82) is 0 Å². The lowest BCUT2D eigenvalue weighted by molar-refractivity contribution is -0.0628. The maximum Gasteiger partial charge on any atom is 0.508 e. The summed E-state index contributed by atoms with van der Waals surface area (Å²) in [6, 6.07) is 0. The van der Waals surface area contributed by atoms with Crippen molar-refractivity contribution >= 4 is 6.16 Å². The van der Waals surface area contributed by atoms with E-state index in [0.29, 0.717) is 45.1 Å². The van der Waals surface area contributed by atoms with Crippen molar-refractivity contribution in [1.82, 2.24) is 0 Å². The number of allylic oxidation sites excluding steroid dienone is 1. The van der Waals surface area contributed by atoms with E-state index in [1.807, 2.05) is 0 Å². The van der Waals surface area contributed by atoms with E-state index < -0.39 is 6.16 Å². The second-order valence-electron chi connectivity index (χ2n) is 14.9. The van der Waals surface area contributed by atoms with E-state index in [9.17, 15) is 4.79 Å². The number of ether oxygens (including phenoxy) is 5. The maximum absolute atomic E-state index is 12.4. The highest BCUT2D eigenvalue weighted by Gasteiger charge is 2.59. The van der Waals surface area contributed by atoms with E-state index in [0.717, 1.165) is 54.8 Å². The molecule has 8 atom stereocenters. The fourth-order valence-corrected chi connectivity index (χ4v) is 9.71. The van der Waals surface area contributed by atoms with Gasteiger partial charge in [0.2, 0.25) is 0 Å². The Morgan fingerprint density at radius 3 is 2.28 bits per heavy atom. The largest absolute Gasteiger partial charge is 0.508 e. The molecule has 0 aromatic heterocycles. The minimum atomic E-state index is -0.586. The summed E-state index contributed by atoms with van der Waals surface area (Å²) in [6.07, 6.45) is 15.7. The highest BCUT2D eigenvalue weighted by molar-refractivity contribution is 5.60. The first-order valence-corrected chi connectivity index (χ1v) is 17.6. The predicted molar refractivity (Wildman–Crippen MR) is 169 cm³/mol. The van der Waals surface area contributed by atoms with Gasteiger partial charge in [0.1, 0.15) is 12.7 Å². The molecule has 7 nitrogen and oxygen atoms in total. The highest BCUT2D eigenvalue weighted by Crippen LogP contribution is 2.67. The molecule has 3 saturated carbocycles. The lowest BCUT2D eigenvalue weighted by Gasteiger charge is -2.58. The van der Waals surface area contributed by atoms with Crippen molar-refractivity contribution in [2.75, 3.05) is 52.9 Å². The van der Waals surface area contributed by atoms with Gasteiger partial charge in [-0.05, 0) is 91.3 Å². The smallest absolute Gasteiger partial charge is 0.432 e. The summed E-state index contributed by atoms with van der Waals surface area (Å²) >= 11 is 0. The van der Waals surface area contributed by atoms with Gasteiger partial charge in [-0.1, -0.05) is 65.5 Å². The first kappa shape index (κ1) is 34.7. The molecule has 0 saturated heterocycles. The summed E-state index contributed by atoms with van der Waals surface area (Å²) in [4.78, 5) is 12.4. The number of hydrogen-bond donors (Lipinski definition) is 1. The van der Waals surface area contributed by atoms with Crippen LogP contribution in [0.4, 0.5) is 4.79 Å². The normalized spacial score (nSPS) is 34.2. The molecule has 0 unspecified atom stereocenters. The molecular weight excluding hydrogens is 544 g/mol. The summed E-state index contributed by atoms with van der Waals surface area (Å²) in [5, 5.41) is 8.66. The molecule has 1 N–H and O–H groups in total. The first-order valence-electron chi connectivity index (χ1n) is 17.6. The van der Waals surface area contributed by atoms with Crippen molar-refractivity contribution in [2.45, 2.75) is 111 Å². The molecule has 0 heterocycles. The van der Waals surface area contributed by atoms with Crippen molar-refractivity contribution in [2.24, 2.45) is 46.3 Å². The zero-order valence-corrected chi connectivity index (χ0v) is 28.0. The number of carbonyl (C=O) groups is 1. The molecule has 0 aromatic rings. The van der Waals surface area contributed by atoms with E-state index in [2.05, 4.69) is 40.7 Å². The van der Waals surface area contributed by atoms with E-state index in [1.54, 1.807) is 0 Å². The monoisotopic (exact) mass is 606 g/mol. The molecule has 0 aliphatic heterocycles. The van der Waals surface area contributed by atoms with Crippen LogP contribution in [0.25, 0.3) is 0 Å². The van der Waals surface area contributed by atoms with E-state index in [1.165, 1.54) is 56.9 Å². The van der Waals surface area contributed by atoms with Gasteiger partial charge in [-0.15, -0.1) is 0 Å². The molecule has 0 bridgehead atoms. The number of hydrogen-bond acceptors (Lipinski definition) is 7. The maximum atomic E-state index is 12.4. The number of carbonyl (C=O) groups excluding carboxylic acids is 1. The average Bonchev–Trinajstić information content (AvgIpc) is 3.33. The van der Waals surface area contributed by atoms with Crippen LogP contribution < -0.4 is 0 Å². The molecule has 0 radical (unpaired) electrons. The Kier molecular flexibility index (Phi) is 13.3. The van der Waals surface area contributed by atoms with Crippen molar-refractivity contribution in [3.05, 3.63) is 11.6 Å². The standard InChI is InChI=1S/C36H62O7/c1-26(2)7-6-8-27(3)31-11-12-32-30-10-9-28-25-29(13-15-35(28,4)33(30)14-16-36(31,32)5)43-34(38)42-24-23-41-22-21-40-20-19-39-18-17-37/h9,26-27,29-33,37H,6-8,10-25H2,1-5H3/t27-,29+,30+,31-,32+,33+,35+,36-/m1/s1. The van der Waals surface area contributed by atoms with Gasteiger partial charge in [-0.2, -0.15) is 0 Å². The van der Waals surface area contributed by atoms with Crippen LogP contribution in [0, 0.1) is 46.3 Å². The second-order valence-corrected chi connectivity index (χ2v) is 14.9. The third kappa shape index (κ3) is 8.77. The van der Waals surface area contributed by atoms with Crippen LogP contribution in [0.3, 0.4) is 0 Å². The zero-order valence-electron chi connectivity index (χ0n) is 28.0. The topological polar surface area (TPSA) is 83.5 Å². The minimum Gasteiger partial charge on any atom is -0.432 e. The number of aliphatic hydroxyl groups excluding tert-OH is 1. The molecule has 248 valence electrons. The van der Waals surface area contributed by atoms with Crippen LogP contribution >= 0.6 is 0 Å². The molecule has 43 heavy (non-hydrogen) atoms. The Labute approximate surface area is 261 Å². The predicted octanol–water partition coefficient (Wildman–Crippen LogP) is 7.59. The Morgan fingerprint density at radius 1 is 0.884 bits per heavy atom. The third-order valence-electron chi connectivity index (χ3n) is 11.9. The van der Waals surface area contributed by atoms with Crippen molar-refractivity contribution in [3.8, 4) is 0 Å². The molecule has 4 rings (SSSR count). The van der Waals surface area contributed by atoms with Gasteiger partial charge in [-0.3, -0.25) is 0 Å². The first-order chi connectivity index (χ1) is 20.7. The molecule has 7 heteroatoms. The van der Waals surface area contributed by atoms with E-state index in [-0.39, 0.29) is 24.7 Å². The lowest BCUT2D eigenvalue weighted by Crippen LogP contribution is -2.51. The van der Waals surface area contributed by atoms with Gasteiger partial charge < -0.3 is 28.8 Å². The molecule has 4 aliphatic rings. The van der Waals surface area contributed by atoms with Gasteiger partial charge in [0.05, 0.1) is 46.2 Å². The molecule has 0 amide bonds. The molecule has 0 spiro atoms. The Morgan fingerprint density at radius 2 is 1.58 bits per heavy atom. The van der Waals surface area contributed by atoms with Crippen molar-refractivity contribution < 1.29 is 33.6 Å². The molecule has 4 aliphatic carbocycles. The summed E-state index contributed by atoms with van der Waals surface area (Å²) in [6.45, 7) is 15.1. The molecular formula is C36H62O7. The summed E-state index contributed by atoms with van der Waals surface area (Å²) in [5.74, 6) is 4.99. The fraction of sp³-hybridized carbons (Fsp3) is 0.917. The van der Waals surface area contributed by atoms with Crippen LogP contribution in [0.2, 0.25) is 0 Å². The number of rotatable bonds is 17. The van der Waals surface area contributed by atoms with Crippen LogP contribution in [0.1, 0.15) is 105 Å². The molecule has 3 fully saturated rings. The lowest BCUT2D eigenvalue weighted by atomic mass is 9.47. The highest BCUT2D eigenvalue weighted by atomic mass is 16.7. The second kappa shape index (κ2) is 16.4. The van der Waals surface area contributed by atoms with Crippen LogP contribution in [-0.4, -0.2) is 70.2 Å². The Hall–Kier alpha value is -1.15. The van der Waals surface area contributed by atoms with Crippen LogP contribution in [0.15, 0.2) is 11.6 Å². The summed E-state index contributed by atoms with van der Waals surface area (Å²) in [7, 11) is 0. The molecule has 0 aromatic carbocycles. The van der Waals surface area contributed by atoms with Gasteiger partial charge in [0, 0.05) is 6.42 Å². The Balaban J connectivity index is 1.19. The van der Waals surface area contributed by atoms with Crippen LogP contribution in [-0.2, 0) is 23.7 Å². The summed E-state index contributed by atoms with van der Waals surface area (Å²) in [5.41, 5.74) is 2.29.